The SMILES string of the molecule is CC(O)(c1ccc(N2CCN(S(=O)(=O)c3cccs3)C[C@@H]2CS(=O)(=O)c2ccc(F)cc2)cc1)C(F)(F)F.C[C@](O)(c1ccc(N2CCN(S(=O)(=O)c3cccs3)C[C@@H]2CS(=O)(=O)c2ccc(F)cc2)cc1)C(F)(F)F. The molecule has 2 saturated heterocycles. The van der Waals surface area contributed by atoms with Gasteiger partial charge in [-0.05, 0) is 121 Å². The van der Waals surface area contributed by atoms with Crippen LogP contribution in [0.25, 0.3) is 0 Å². The van der Waals surface area contributed by atoms with Crippen molar-refractivity contribution in [3.63, 3.8) is 0 Å². The average molecular weight is 1190 g/mol. The minimum Gasteiger partial charge on any atom is -0.376 e. The highest BCUT2D eigenvalue weighted by Crippen LogP contribution is 2.41. The van der Waals surface area contributed by atoms with E-state index in [1.807, 2.05) is 0 Å². The van der Waals surface area contributed by atoms with Gasteiger partial charge in [-0.3, -0.25) is 0 Å². The first-order chi connectivity index (χ1) is 35.3. The summed E-state index contributed by atoms with van der Waals surface area (Å²) in [6.07, 6.45) is -9.83. The van der Waals surface area contributed by atoms with Crippen molar-refractivity contribution in [3.8, 4) is 0 Å². The number of hydrogen-bond acceptors (Lipinski definition) is 14. The smallest absolute Gasteiger partial charge is 0.376 e. The molecule has 2 N–H and O–H groups in total. The minimum atomic E-state index is -4.91. The van der Waals surface area contributed by atoms with Gasteiger partial charge in [-0.1, -0.05) is 36.4 Å². The van der Waals surface area contributed by atoms with E-state index in [2.05, 4.69) is 0 Å². The lowest BCUT2D eigenvalue weighted by Crippen LogP contribution is -2.57. The number of benzene rings is 4. The van der Waals surface area contributed by atoms with E-state index >= 15 is 0 Å². The number of halogens is 8. The molecule has 2 fully saturated rings. The predicted molar refractivity (Wildman–Crippen MR) is 269 cm³/mol. The third-order valence-corrected chi connectivity index (χ3v) is 23.0. The van der Waals surface area contributed by atoms with Gasteiger partial charge in [0.2, 0.25) is 0 Å². The molecule has 6 aromatic rings. The predicted octanol–water partition coefficient (Wildman–Crippen LogP) is 8.02. The molecule has 1 unspecified atom stereocenters. The van der Waals surface area contributed by atoms with Crippen molar-refractivity contribution in [2.45, 2.75) is 67.7 Å². The van der Waals surface area contributed by atoms with E-state index < -0.39 is 110 Å². The summed E-state index contributed by atoms with van der Waals surface area (Å²) < 4.78 is 214. The second-order valence-electron chi connectivity index (χ2n) is 18.0. The molecule has 0 radical (unpaired) electrons. The minimum absolute atomic E-state index is 0.00927. The number of nitrogens with zero attached hydrogens (tertiary/aromatic N) is 4. The summed E-state index contributed by atoms with van der Waals surface area (Å²) in [5, 5.41) is 23.2. The van der Waals surface area contributed by atoms with E-state index in [1.165, 1.54) is 45.0 Å². The lowest BCUT2D eigenvalue weighted by Gasteiger charge is -2.42. The van der Waals surface area contributed by atoms with E-state index in [0.29, 0.717) is 25.2 Å². The van der Waals surface area contributed by atoms with E-state index in [0.717, 1.165) is 95.5 Å². The molecule has 0 bridgehead atoms. The molecule has 0 spiro atoms. The van der Waals surface area contributed by atoms with Gasteiger partial charge in [-0.2, -0.15) is 35.0 Å². The number of hydrogen-bond donors (Lipinski definition) is 2. The number of sulfone groups is 2. The Kier molecular flexibility index (Phi) is 17.0. The Labute approximate surface area is 442 Å². The molecule has 2 aromatic heterocycles. The molecule has 28 heteroatoms. The van der Waals surface area contributed by atoms with Crippen LogP contribution in [0.2, 0.25) is 0 Å². The van der Waals surface area contributed by atoms with Gasteiger partial charge in [0, 0.05) is 50.6 Å². The zero-order valence-corrected chi connectivity index (χ0v) is 44.8. The van der Waals surface area contributed by atoms with Crippen molar-refractivity contribution in [1.82, 2.24) is 8.61 Å². The summed E-state index contributed by atoms with van der Waals surface area (Å²) in [4.78, 5) is 2.95. The summed E-state index contributed by atoms with van der Waals surface area (Å²) in [6, 6.07) is 22.4. The molecule has 412 valence electrons. The molecule has 76 heavy (non-hydrogen) atoms. The number of aliphatic hydroxyl groups is 2. The summed E-state index contributed by atoms with van der Waals surface area (Å²) in [6.45, 7) is 0.991. The Hall–Kier alpha value is -5.04. The van der Waals surface area contributed by atoms with Crippen LogP contribution in [0.4, 0.5) is 46.5 Å². The van der Waals surface area contributed by atoms with E-state index in [1.54, 1.807) is 32.7 Å². The Bertz CT molecular complexity index is 3180. The summed E-state index contributed by atoms with van der Waals surface area (Å²) in [5.41, 5.74) is -6.26. The van der Waals surface area contributed by atoms with Gasteiger partial charge < -0.3 is 20.0 Å². The van der Waals surface area contributed by atoms with Gasteiger partial charge in [-0.25, -0.2) is 42.5 Å². The molecular formula is C48H48F8N4O10S6. The van der Waals surface area contributed by atoms with Gasteiger partial charge in [0.1, 0.15) is 20.1 Å². The highest BCUT2D eigenvalue weighted by molar-refractivity contribution is 7.92. The number of rotatable bonds is 14. The molecule has 14 nitrogen and oxygen atoms in total. The highest BCUT2D eigenvalue weighted by atomic mass is 32.3. The summed E-state index contributed by atoms with van der Waals surface area (Å²) in [7, 11) is -15.8. The van der Waals surface area contributed by atoms with Gasteiger partial charge >= 0.3 is 12.4 Å². The molecule has 0 aliphatic carbocycles. The number of alkyl halides is 6. The van der Waals surface area contributed by atoms with Gasteiger partial charge in [0.15, 0.2) is 30.9 Å². The van der Waals surface area contributed by atoms with Crippen molar-refractivity contribution >= 4 is 73.8 Å². The third kappa shape index (κ3) is 12.6. The van der Waals surface area contributed by atoms with Crippen LogP contribution in [0.5, 0.6) is 0 Å². The standard InChI is InChI=1S/2C24H24F4N2O5S3/c2*1-23(31,24(26,27)28)17-4-8-19(9-5-17)30-13-12-29(38(34,35)22-3-2-14-36-22)15-20(30)16-37(32,33)21-10-6-18(25)7-11-21/h2*2-11,14,20,31H,12-13,15-16H2,1H3/t20-,23?;20-,23+/m11/s1. The molecule has 0 saturated carbocycles. The lowest BCUT2D eigenvalue weighted by molar-refractivity contribution is -0.259. The van der Waals surface area contributed by atoms with Crippen LogP contribution >= 0.6 is 22.7 Å². The van der Waals surface area contributed by atoms with E-state index in [9.17, 15) is 79.0 Å². The van der Waals surface area contributed by atoms with Crippen molar-refractivity contribution in [2.75, 3.05) is 60.6 Å². The molecular weight excluding hydrogens is 1140 g/mol. The fourth-order valence-electron chi connectivity index (χ4n) is 8.40. The molecule has 4 aromatic carbocycles. The zero-order chi connectivity index (χ0) is 55.9. The Morgan fingerprint density at radius 3 is 1.08 bits per heavy atom. The fourth-order valence-corrected chi connectivity index (χ4v) is 16.7. The lowest BCUT2D eigenvalue weighted by atomic mass is 9.95. The summed E-state index contributed by atoms with van der Waals surface area (Å²) >= 11 is 2.05. The van der Waals surface area contributed by atoms with Crippen molar-refractivity contribution < 1.29 is 79.0 Å². The van der Waals surface area contributed by atoms with Crippen LogP contribution in [0.15, 0.2) is 150 Å². The quantitative estimate of drug-likeness (QED) is 0.0791. The Morgan fingerprint density at radius 1 is 0.487 bits per heavy atom. The van der Waals surface area contributed by atoms with Crippen LogP contribution in [0, 0.1) is 11.6 Å². The molecule has 0 amide bonds. The van der Waals surface area contributed by atoms with Crippen LogP contribution < -0.4 is 9.80 Å². The maximum atomic E-state index is 13.4. The van der Waals surface area contributed by atoms with Crippen LogP contribution in [-0.2, 0) is 50.9 Å². The van der Waals surface area contributed by atoms with E-state index in [-0.39, 0.29) is 57.5 Å². The van der Waals surface area contributed by atoms with Crippen molar-refractivity contribution in [2.24, 2.45) is 0 Å². The number of anilines is 2. The molecule has 2 aliphatic rings. The second-order valence-corrected chi connectivity index (χ2v) is 28.3. The Balaban J connectivity index is 0.000000221. The van der Waals surface area contributed by atoms with Crippen LogP contribution in [-0.4, -0.2) is 128 Å². The second kappa shape index (κ2) is 22.0. The fraction of sp³-hybridized carbons (Fsp3) is 0.333. The molecule has 2 aliphatic heterocycles. The number of sulfonamides is 2. The van der Waals surface area contributed by atoms with Gasteiger partial charge in [0.25, 0.3) is 20.0 Å². The third-order valence-electron chi connectivity index (χ3n) is 12.9. The first-order valence-electron chi connectivity index (χ1n) is 22.6. The van der Waals surface area contributed by atoms with Crippen molar-refractivity contribution in [1.29, 1.82) is 0 Å². The number of piperazine rings is 2. The first kappa shape index (κ1) is 58.6. The largest absolute Gasteiger partial charge is 0.421 e. The van der Waals surface area contributed by atoms with Crippen LogP contribution in [0.3, 0.4) is 0 Å². The first-order valence-corrected chi connectivity index (χ1v) is 30.6. The van der Waals surface area contributed by atoms with Crippen LogP contribution in [0.1, 0.15) is 25.0 Å². The normalized spacial score (nSPS) is 19.3. The maximum absolute atomic E-state index is 13.4. The van der Waals surface area contributed by atoms with Gasteiger partial charge in [-0.15, -0.1) is 22.7 Å². The van der Waals surface area contributed by atoms with E-state index in [4.69, 9.17) is 0 Å². The average Bonchev–Trinajstić information content (AvgIpc) is 4.12. The Morgan fingerprint density at radius 2 is 0.803 bits per heavy atom. The number of thiophene rings is 2. The monoisotopic (exact) mass is 1180 g/mol. The summed E-state index contributed by atoms with van der Waals surface area (Å²) in [5.74, 6) is -2.30. The maximum Gasteiger partial charge on any atom is 0.421 e. The molecule has 8 rings (SSSR count). The van der Waals surface area contributed by atoms with Crippen molar-refractivity contribution in [3.05, 3.63) is 155 Å². The topological polar surface area (TPSA) is 190 Å². The van der Waals surface area contributed by atoms with Gasteiger partial charge in [0.05, 0.1) is 33.4 Å². The highest BCUT2D eigenvalue weighted by Gasteiger charge is 2.52. The molecule has 4 heterocycles. The zero-order valence-electron chi connectivity index (χ0n) is 39.9. The molecule has 4 atom stereocenters.